The van der Waals surface area contributed by atoms with Gasteiger partial charge in [0.2, 0.25) is 5.91 Å². The quantitative estimate of drug-likeness (QED) is 0.250. The molecule has 1 aliphatic heterocycles. The zero-order valence-electron chi connectivity index (χ0n) is 21.6. The van der Waals surface area contributed by atoms with Gasteiger partial charge in [-0.1, -0.05) is 23.7 Å². The van der Waals surface area contributed by atoms with Crippen LogP contribution in [0, 0.1) is 0 Å². The van der Waals surface area contributed by atoms with Crippen LogP contribution in [0.25, 0.3) is 22.6 Å². The molecular formula is C28H32ClN7O2. The van der Waals surface area contributed by atoms with E-state index in [9.17, 15) is 4.79 Å². The lowest BCUT2D eigenvalue weighted by Crippen LogP contribution is -2.38. The lowest BCUT2D eigenvalue weighted by molar-refractivity contribution is -0.115. The molecule has 10 heteroatoms. The van der Waals surface area contributed by atoms with E-state index in [1.54, 1.807) is 20.4 Å². The van der Waals surface area contributed by atoms with Gasteiger partial charge in [0.15, 0.2) is 5.65 Å². The zero-order valence-corrected chi connectivity index (χ0v) is 22.3. The third kappa shape index (κ3) is 6.07. The number of H-pyrrole nitrogens is 1. The Morgan fingerprint density at radius 2 is 1.87 bits per heavy atom. The minimum atomic E-state index is -0.0925. The topological polar surface area (TPSA) is 107 Å². The zero-order chi connectivity index (χ0) is 26.5. The number of rotatable bonds is 9. The lowest BCUT2D eigenvalue weighted by atomic mass is 10.0. The van der Waals surface area contributed by atoms with Crippen LogP contribution in [-0.4, -0.2) is 65.6 Å². The number of aromatic amines is 1. The molecule has 0 saturated carbocycles. The molecule has 0 bridgehead atoms. The Balaban J connectivity index is 1.24. The van der Waals surface area contributed by atoms with Crippen molar-refractivity contribution in [3.8, 4) is 17.1 Å². The first-order chi connectivity index (χ1) is 18.5. The Kier molecular flexibility index (Phi) is 8.07. The molecule has 2 aromatic heterocycles. The third-order valence-electron chi connectivity index (χ3n) is 6.75. The van der Waals surface area contributed by atoms with Gasteiger partial charge < -0.3 is 25.7 Å². The number of amides is 1. The molecule has 4 N–H and O–H groups in total. The number of ether oxygens (including phenoxy) is 1. The summed E-state index contributed by atoms with van der Waals surface area (Å²) in [5, 5.41) is 9.91. The maximum Gasteiger partial charge on any atom is 0.238 e. The molecule has 1 saturated heterocycles. The van der Waals surface area contributed by atoms with Crippen molar-refractivity contribution in [2.45, 2.75) is 25.4 Å². The summed E-state index contributed by atoms with van der Waals surface area (Å²) in [5.74, 6) is 1.48. The third-order valence-corrected chi connectivity index (χ3v) is 7.04. The highest BCUT2D eigenvalue weighted by Crippen LogP contribution is 2.32. The van der Waals surface area contributed by atoms with Gasteiger partial charge in [-0.3, -0.25) is 9.69 Å². The number of likely N-dealkylation sites (tertiary alicyclic amines) is 1. The molecule has 38 heavy (non-hydrogen) atoms. The number of carbonyl (C=O) groups excluding carboxylic acids is 1. The number of aromatic nitrogens is 3. The van der Waals surface area contributed by atoms with E-state index in [0.717, 1.165) is 60.7 Å². The number of halogens is 1. The van der Waals surface area contributed by atoms with Crippen molar-refractivity contribution in [3.05, 3.63) is 65.3 Å². The van der Waals surface area contributed by atoms with Gasteiger partial charge >= 0.3 is 0 Å². The molecule has 3 heterocycles. The molecule has 198 valence electrons. The van der Waals surface area contributed by atoms with Crippen molar-refractivity contribution in [1.82, 2.24) is 25.2 Å². The molecule has 5 rings (SSSR count). The normalized spacial score (nSPS) is 14.5. The number of nitrogens with one attached hydrogen (secondary N) is 4. The van der Waals surface area contributed by atoms with Crippen LogP contribution in [0.4, 0.5) is 11.4 Å². The van der Waals surface area contributed by atoms with E-state index in [0.29, 0.717) is 22.5 Å². The molecule has 1 amide bonds. The highest BCUT2D eigenvalue weighted by Gasteiger charge is 2.22. The average Bonchev–Trinajstić information content (AvgIpc) is 3.37. The molecule has 0 spiro atoms. The predicted molar refractivity (Wildman–Crippen MR) is 152 cm³/mol. The van der Waals surface area contributed by atoms with Gasteiger partial charge in [-0.05, 0) is 61.9 Å². The molecule has 2 aromatic carbocycles. The summed E-state index contributed by atoms with van der Waals surface area (Å²) in [6.45, 7) is 3.19. The summed E-state index contributed by atoms with van der Waals surface area (Å²) in [7, 11) is 3.42. The number of methoxy groups -OCH3 is 1. The van der Waals surface area contributed by atoms with Crippen LogP contribution in [-0.2, 0) is 11.3 Å². The van der Waals surface area contributed by atoms with Crippen LogP contribution < -0.4 is 20.7 Å². The SMILES string of the molecule is CNCC(=O)Nc1ccc(-c2nc3ncc(Cl)c(NC4CCN(Cc5ccc(OC)cc5)CC4)c3[nH]2)cc1. The van der Waals surface area contributed by atoms with Gasteiger partial charge in [-0.15, -0.1) is 0 Å². The second-order valence-electron chi connectivity index (χ2n) is 9.46. The van der Waals surface area contributed by atoms with Crippen LogP contribution >= 0.6 is 11.6 Å². The summed E-state index contributed by atoms with van der Waals surface area (Å²) in [4.78, 5) is 26.8. The number of imidazole rings is 1. The number of carbonyl (C=O) groups is 1. The highest BCUT2D eigenvalue weighted by molar-refractivity contribution is 6.34. The summed E-state index contributed by atoms with van der Waals surface area (Å²) >= 11 is 6.59. The minimum absolute atomic E-state index is 0.0925. The standard InChI is InChI=1S/C28H32ClN7O2/c1-30-16-24(37)32-20-7-5-19(6-8-20)27-34-26-25(23(29)15-31-28(26)35-27)33-21-11-13-36(14-12-21)17-18-3-9-22(38-2)10-4-18/h3-10,15,21,30H,11-14,16-17H2,1-2H3,(H,32,37)(H2,31,33,34,35). The van der Waals surface area contributed by atoms with Gasteiger partial charge in [0.05, 0.1) is 30.6 Å². The number of piperidine rings is 1. The maximum atomic E-state index is 11.8. The Bertz CT molecular complexity index is 1380. The number of hydrogen-bond donors (Lipinski definition) is 4. The maximum absolute atomic E-state index is 11.8. The molecule has 0 unspecified atom stereocenters. The number of likely N-dealkylation sites (N-methyl/N-ethyl adjacent to an activating group) is 1. The molecule has 9 nitrogen and oxygen atoms in total. The van der Waals surface area contributed by atoms with Crippen molar-refractivity contribution < 1.29 is 9.53 Å². The molecule has 0 radical (unpaired) electrons. The monoisotopic (exact) mass is 533 g/mol. The van der Waals surface area contributed by atoms with Gasteiger partial charge in [-0.2, -0.15) is 0 Å². The van der Waals surface area contributed by atoms with E-state index in [2.05, 4.69) is 47.9 Å². The van der Waals surface area contributed by atoms with Crippen LogP contribution in [0.15, 0.2) is 54.7 Å². The fourth-order valence-electron chi connectivity index (χ4n) is 4.72. The molecule has 1 fully saturated rings. The summed E-state index contributed by atoms with van der Waals surface area (Å²) < 4.78 is 5.26. The summed E-state index contributed by atoms with van der Waals surface area (Å²) in [6.07, 6.45) is 3.67. The van der Waals surface area contributed by atoms with E-state index in [-0.39, 0.29) is 12.5 Å². The fourth-order valence-corrected chi connectivity index (χ4v) is 4.92. The Morgan fingerprint density at radius 1 is 1.13 bits per heavy atom. The van der Waals surface area contributed by atoms with E-state index in [1.165, 1.54) is 5.56 Å². The van der Waals surface area contributed by atoms with Crippen LogP contribution in [0.5, 0.6) is 5.75 Å². The highest BCUT2D eigenvalue weighted by atomic mass is 35.5. The van der Waals surface area contributed by atoms with Crippen molar-refractivity contribution >= 4 is 40.0 Å². The Morgan fingerprint density at radius 3 is 2.55 bits per heavy atom. The number of hydrogen-bond acceptors (Lipinski definition) is 7. The lowest BCUT2D eigenvalue weighted by Gasteiger charge is -2.33. The summed E-state index contributed by atoms with van der Waals surface area (Å²) in [5.41, 5.74) is 5.14. The minimum Gasteiger partial charge on any atom is -0.497 e. The van der Waals surface area contributed by atoms with Crippen molar-refractivity contribution in [2.75, 3.05) is 44.4 Å². The van der Waals surface area contributed by atoms with Crippen molar-refractivity contribution in [3.63, 3.8) is 0 Å². The first kappa shape index (κ1) is 26.0. The van der Waals surface area contributed by atoms with Gasteiger partial charge in [-0.25, -0.2) is 9.97 Å². The molecule has 0 aliphatic carbocycles. The number of fused-ring (bicyclic) bond motifs is 1. The van der Waals surface area contributed by atoms with E-state index in [4.69, 9.17) is 16.3 Å². The molecule has 0 atom stereocenters. The van der Waals surface area contributed by atoms with Crippen molar-refractivity contribution in [2.24, 2.45) is 0 Å². The Labute approximate surface area is 227 Å². The van der Waals surface area contributed by atoms with Crippen LogP contribution in [0.1, 0.15) is 18.4 Å². The second-order valence-corrected chi connectivity index (χ2v) is 9.87. The predicted octanol–water partition coefficient (Wildman–Crippen LogP) is 4.52. The van der Waals surface area contributed by atoms with Gasteiger partial charge in [0.25, 0.3) is 0 Å². The first-order valence-corrected chi connectivity index (χ1v) is 13.1. The molecule has 4 aromatic rings. The van der Waals surface area contributed by atoms with Crippen LogP contribution in [0.2, 0.25) is 5.02 Å². The Hall–Kier alpha value is -3.66. The van der Waals surface area contributed by atoms with E-state index >= 15 is 0 Å². The number of benzene rings is 2. The van der Waals surface area contributed by atoms with Gasteiger partial charge in [0.1, 0.15) is 17.1 Å². The van der Waals surface area contributed by atoms with Gasteiger partial charge in [0, 0.05) is 36.9 Å². The average molecular weight is 534 g/mol. The fraction of sp³-hybridized carbons (Fsp3) is 0.321. The number of pyridine rings is 1. The van der Waals surface area contributed by atoms with Crippen LogP contribution in [0.3, 0.4) is 0 Å². The van der Waals surface area contributed by atoms with E-state index in [1.807, 2.05) is 36.4 Å². The molecule has 1 aliphatic rings. The molecular weight excluding hydrogens is 502 g/mol. The smallest absolute Gasteiger partial charge is 0.238 e. The van der Waals surface area contributed by atoms with E-state index < -0.39 is 0 Å². The largest absolute Gasteiger partial charge is 0.497 e. The number of nitrogens with zero attached hydrogens (tertiary/aromatic N) is 3. The first-order valence-electron chi connectivity index (χ1n) is 12.7. The second kappa shape index (κ2) is 11.8. The van der Waals surface area contributed by atoms with Crippen molar-refractivity contribution in [1.29, 1.82) is 0 Å². The number of anilines is 2. The summed E-state index contributed by atoms with van der Waals surface area (Å²) in [6, 6.07) is 16.1.